The fourth-order valence-corrected chi connectivity index (χ4v) is 2.86. The van der Waals surface area contributed by atoms with Gasteiger partial charge >= 0.3 is 0 Å². The number of aliphatic hydroxyl groups excluding tert-OH is 1. The minimum atomic E-state index is 0.123. The molecule has 0 aromatic carbocycles. The second kappa shape index (κ2) is 7.26. The number of nitrogens with one attached hydrogen (secondary N) is 1. The van der Waals surface area contributed by atoms with E-state index < -0.39 is 0 Å². The monoisotopic (exact) mass is 330 g/mol. The van der Waals surface area contributed by atoms with E-state index in [1.165, 1.54) is 0 Å². The van der Waals surface area contributed by atoms with Gasteiger partial charge in [-0.15, -0.1) is 11.3 Å². The van der Waals surface area contributed by atoms with E-state index in [4.69, 9.17) is 9.52 Å². The molecular formula is C16H18N4O2S. The number of nitrogens with zero attached hydrogens (tertiary/aromatic N) is 3. The van der Waals surface area contributed by atoms with Gasteiger partial charge in [0.2, 0.25) is 0 Å². The van der Waals surface area contributed by atoms with Crippen LogP contribution in [0.1, 0.15) is 5.69 Å². The van der Waals surface area contributed by atoms with Gasteiger partial charge in [0, 0.05) is 19.0 Å². The van der Waals surface area contributed by atoms with Gasteiger partial charge in [0.1, 0.15) is 5.82 Å². The number of thiazole rings is 1. The highest BCUT2D eigenvalue weighted by Gasteiger charge is 2.07. The number of furan rings is 1. The zero-order valence-corrected chi connectivity index (χ0v) is 13.6. The average molecular weight is 330 g/mol. The number of aromatic nitrogens is 2. The molecular weight excluding hydrogens is 312 g/mol. The zero-order chi connectivity index (χ0) is 16.1. The number of rotatable bonds is 7. The molecule has 3 rings (SSSR count). The van der Waals surface area contributed by atoms with Crippen molar-refractivity contribution in [3.8, 4) is 10.8 Å². The van der Waals surface area contributed by atoms with Crippen LogP contribution in [-0.2, 0) is 6.54 Å². The van der Waals surface area contributed by atoms with Crippen molar-refractivity contribution in [3.63, 3.8) is 0 Å². The Bertz CT molecular complexity index is 725. The lowest BCUT2D eigenvalue weighted by Crippen LogP contribution is -2.21. The van der Waals surface area contributed by atoms with E-state index in [1.54, 1.807) is 23.8 Å². The van der Waals surface area contributed by atoms with Gasteiger partial charge in [0.05, 0.1) is 37.0 Å². The van der Waals surface area contributed by atoms with E-state index in [0.29, 0.717) is 13.1 Å². The standard InChI is InChI=1S/C16H18N4O2S/c1-20(6-7-21)13-4-5-15(18-10-13)17-9-12-11-23-16(19-12)14-3-2-8-22-14/h2-5,8,10-11,21H,6-7,9H2,1H3,(H,17,18). The third-order valence-corrected chi connectivity index (χ3v) is 4.26. The van der Waals surface area contributed by atoms with Crippen molar-refractivity contribution < 1.29 is 9.52 Å². The van der Waals surface area contributed by atoms with Gasteiger partial charge in [-0.3, -0.25) is 0 Å². The molecule has 3 aromatic heterocycles. The summed E-state index contributed by atoms with van der Waals surface area (Å²) in [5, 5.41) is 15.1. The molecule has 0 unspecified atom stereocenters. The van der Waals surface area contributed by atoms with Gasteiger partial charge in [-0.05, 0) is 24.3 Å². The Morgan fingerprint density at radius 1 is 1.35 bits per heavy atom. The first kappa shape index (κ1) is 15.5. The molecule has 6 nitrogen and oxygen atoms in total. The lowest BCUT2D eigenvalue weighted by atomic mass is 10.3. The number of hydrogen-bond acceptors (Lipinski definition) is 7. The van der Waals surface area contributed by atoms with Crippen LogP contribution in [-0.4, -0.2) is 35.3 Å². The van der Waals surface area contributed by atoms with E-state index in [-0.39, 0.29) is 6.61 Å². The van der Waals surface area contributed by atoms with Crippen molar-refractivity contribution in [3.05, 3.63) is 47.8 Å². The summed E-state index contributed by atoms with van der Waals surface area (Å²) in [6.45, 7) is 1.32. The summed E-state index contributed by atoms with van der Waals surface area (Å²) in [5.74, 6) is 1.58. The van der Waals surface area contributed by atoms with Crippen molar-refractivity contribution in [1.29, 1.82) is 0 Å². The summed E-state index contributed by atoms with van der Waals surface area (Å²) < 4.78 is 5.34. The van der Waals surface area contributed by atoms with E-state index in [0.717, 1.165) is 28.0 Å². The Balaban J connectivity index is 1.58. The predicted molar refractivity (Wildman–Crippen MR) is 91.7 cm³/mol. The van der Waals surface area contributed by atoms with Gasteiger partial charge in [0.25, 0.3) is 0 Å². The molecule has 0 aliphatic heterocycles. The zero-order valence-electron chi connectivity index (χ0n) is 12.8. The van der Waals surface area contributed by atoms with E-state index in [9.17, 15) is 0 Å². The number of pyridine rings is 1. The molecule has 0 radical (unpaired) electrons. The molecule has 3 heterocycles. The Hall–Kier alpha value is -2.38. The molecule has 0 saturated heterocycles. The van der Waals surface area contributed by atoms with Crippen molar-refractivity contribution >= 4 is 22.8 Å². The van der Waals surface area contributed by atoms with Crippen LogP contribution in [0, 0.1) is 0 Å². The Morgan fingerprint density at radius 2 is 2.26 bits per heavy atom. The molecule has 0 bridgehead atoms. The summed E-state index contributed by atoms with van der Waals surface area (Å²) in [6.07, 6.45) is 3.43. The summed E-state index contributed by atoms with van der Waals surface area (Å²) in [5.41, 5.74) is 1.92. The molecule has 23 heavy (non-hydrogen) atoms. The number of anilines is 2. The van der Waals surface area contributed by atoms with Crippen molar-refractivity contribution in [1.82, 2.24) is 9.97 Å². The summed E-state index contributed by atoms with van der Waals surface area (Å²) in [4.78, 5) is 10.9. The molecule has 0 atom stereocenters. The molecule has 120 valence electrons. The second-order valence-electron chi connectivity index (χ2n) is 5.02. The number of aliphatic hydroxyl groups is 1. The van der Waals surface area contributed by atoms with Crippen molar-refractivity contribution in [2.75, 3.05) is 30.4 Å². The van der Waals surface area contributed by atoms with Crippen molar-refractivity contribution in [2.45, 2.75) is 6.54 Å². The molecule has 0 amide bonds. The SMILES string of the molecule is CN(CCO)c1ccc(NCc2csc(-c3ccco3)n2)nc1. The van der Waals surface area contributed by atoms with Crippen LogP contribution in [0.5, 0.6) is 0 Å². The maximum atomic E-state index is 8.95. The van der Waals surface area contributed by atoms with Gasteiger partial charge < -0.3 is 19.7 Å². The average Bonchev–Trinajstić information content (AvgIpc) is 3.25. The molecule has 0 fully saturated rings. The minimum absolute atomic E-state index is 0.123. The Morgan fingerprint density at radius 3 is 2.96 bits per heavy atom. The summed E-state index contributed by atoms with van der Waals surface area (Å²) in [7, 11) is 1.92. The highest BCUT2D eigenvalue weighted by Crippen LogP contribution is 2.24. The Labute approximate surface area is 138 Å². The van der Waals surface area contributed by atoms with Gasteiger partial charge in [0.15, 0.2) is 10.8 Å². The van der Waals surface area contributed by atoms with Crippen LogP contribution in [0.25, 0.3) is 10.8 Å². The largest absolute Gasteiger partial charge is 0.462 e. The van der Waals surface area contributed by atoms with E-state index >= 15 is 0 Å². The molecule has 0 saturated carbocycles. The topological polar surface area (TPSA) is 74.4 Å². The molecule has 7 heteroatoms. The molecule has 0 spiro atoms. The molecule has 0 aliphatic rings. The third-order valence-electron chi connectivity index (χ3n) is 3.36. The maximum Gasteiger partial charge on any atom is 0.162 e. The van der Waals surface area contributed by atoms with Crippen LogP contribution >= 0.6 is 11.3 Å². The number of hydrogen-bond donors (Lipinski definition) is 2. The molecule has 2 N–H and O–H groups in total. The molecule has 0 aliphatic carbocycles. The van der Waals surface area contributed by atoms with Crippen LogP contribution in [0.15, 0.2) is 46.5 Å². The fourth-order valence-electron chi connectivity index (χ4n) is 2.08. The highest BCUT2D eigenvalue weighted by molar-refractivity contribution is 7.13. The lowest BCUT2D eigenvalue weighted by Gasteiger charge is -2.17. The predicted octanol–water partition coefficient (Wildman–Crippen LogP) is 2.84. The fraction of sp³-hybridized carbons (Fsp3) is 0.250. The first-order valence-corrected chi connectivity index (χ1v) is 8.14. The third kappa shape index (κ3) is 3.88. The normalized spacial score (nSPS) is 10.7. The first-order valence-electron chi connectivity index (χ1n) is 7.26. The summed E-state index contributed by atoms with van der Waals surface area (Å²) >= 11 is 1.56. The van der Waals surface area contributed by atoms with E-state index in [1.807, 2.05) is 41.6 Å². The quantitative estimate of drug-likeness (QED) is 0.694. The van der Waals surface area contributed by atoms with E-state index in [2.05, 4.69) is 15.3 Å². The maximum absolute atomic E-state index is 8.95. The van der Waals surface area contributed by atoms with Gasteiger partial charge in [-0.1, -0.05) is 0 Å². The van der Waals surface area contributed by atoms with Crippen LogP contribution in [0.2, 0.25) is 0 Å². The smallest absolute Gasteiger partial charge is 0.162 e. The highest BCUT2D eigenvalue weighted by atomic mass is 32.1. The Kier molecular flexibility index (Phi) is 4.89. The second-order valence-corrected chi connectivity index (χ2v) is 5.88. The summed E-state index contributed by atoms with van der Waals surface area (Å²) in [6, 6.07) is 7.65. The van der Waals surface area contributed by atoms with Crippen LogP contribution < -0.4 is 10.2 Å². The van der Waals surface area contributed by atoms with Crippen LogP contribution in [0.4, 0.5) is 11.5 Å². The van der Waals surface area contributed by atoms with Gasteiger partial charge in [-0.2, -0.15) is 0 Å². The van der Waals surface area contributed by atoms with Crippen LogP contribution in [0.3, 0.4) is 0 Å². The molecule has 3 aromatic rings. The van der Waals surface area contributed by atoms with Crippen molar-refractivity contribution in [2.24, 2.45) is 0 Å². The minimum Gasteiger partial charge on any atom is -0.462 e. The van der Waals surface area contributed by atoms with Gasteiger partial charge in [-0.25, -0.2) is 9.97 Å². The number of likely N-dealkylation sites (N-methyl/N-ethyl adjacent to an activating group) is 1. The first-order chi connectivity index (χ1) is 11.3. The lowest BCUT2D eigenvalue weighted by molar-refractivity contribution is 0.304.